The van der Waals surface area contributed by atoms with E-state index in [1.165, 1.54) is 16.7 Å². The van der Waals surface area contributed by atoms with Crippen molar-refractivity contribution in [3.8, 4) is 5.75 Å². The number of guanidine groups is 1. The van der Waals surface area contributed by atoms with Gasteiger partial charge >= 0.3 is 0 Å². The van der Waals surface area contributed by atoms with Gasteiger partial charge in [-0.05, 0) is 48.7 Å². The number of nitrogens with zero attached hydrogens (tertiary/aromatic N) is 3. The van der Waals surface area contributed by atoms with Gasteiger partial charge in [-0.3, -0.25) is 9.89 Å². The minimum Gasteiger partial charge on any atom is -0.496 e. The molecule has 1 fully saturated rings. The van der Waals surface area contributed by atoms with E-state index in [9.17, 15) is 0 Å². The zero-order valence-corrected chi connectivity index (χ0v) is 19.4. The van der Waals surface area contributed by atoms with E-state index in [1.54, 1.807) is 7.11 Å². The molecular weight excluding hydrogens is 386 g/mol. The summed E-state index contributed by atoms with van der Waals surface area (Å²) in [7, 11) is 5.72. The van der Waals surface area contributed by atoms with Gasteiger partial charge < -0.3 is 20.3 Å². The molecule has 0 unspecified atom stereocenters. The van der Waals surface area contributed by atoms with Crippen LogP contribution in [0.5, 0.6) is 5.75 Å². The van der Waals surface area contributed by atoms with E-state index in [-0.39, 0.29) is 0 Å². The predicted molar refractivity (Wildman–Crippen MR) is 129 cm³/mol. The highest BCUT2D eigenvalue weighted by atomic mass is 16.5. The molecular formula is C25H37N5O. The molecule has 2 N–H and O–H groups in total. The lowest BCUT2D eigenvalue weighted by Gasteiger charge is -2.32. The number of aryl methyl sites for hydroxylation is 1. The molecule has 1 saturated heterocycles. The third-order valence-corrected chi connectivity index (χ3v) is 5.89. The van der Waals surface area contributed by atoms with E-state index in [2.05, 4.69) is 81.9 Å². The van der Waals surface area contributed by atoms with Crippen LogP contribution in [0.4, 0.5) is 0 Å². The number of rotatable bonds is 8. The predicted octanol–water partition coefficient (Wildman–Crippen LogP) is 2.66. The second-order valence-electron chi connectivity index (χ2n) is 8.30. The molecule has 6 heteroatoms. The summed E-state index contributed by atoms with van der Waals surface area (Å²) in [5.41, 5.74) is 5.05. The smallest absolute Gasteiger partial charge is 0.191 e. The van der Waals surface area contributed by atoms with Crippen molar-refractivity contribution in [2.24, 2.45) is 4.99 Å². The van der Waals surface area contributed by atoms with Crippen LogP contribution >= 0.6 is 0 Å². The normalized spacial score (nSPS) is 15.7. The van der Waals surface area contributed by atoms with Crippen molar-refractivity contribution in [1.82, 2.24) is 20.4 Å². The highest BCUT2D eigenvalue weighted by molar-refractivity contribution is 5.79. The van der Waals surface area contributed by atoms with Crippen molar-refractivity contribution in [2.75, 3.05) is 53.9 Å². The van der Waals surface area contributed by atoms with Crippen LogP contribution in [0.1, 0.15) is 22.3 Å². The third kappa shape index (κ3) is 7.26. The van der Waals surface area contributed by atoms with Crippen molar-refractivity contribution in [3.05, 3.63) is 64.7 Å². The highest BCUT2D eigenvalue weighted by Gasteiger charge is 2.13. The molecule has 2 aromatic carbocycles. The molecule has 0 bridgehead atoms. The lowest BCUT2D eigenvalue weighted by atomic mass is 10.1. The first-order chi connectivity index (χ1) is 15.1. The van der Waals surface area contributed by atoms with E-state index in [4.69, 9.17) is 4.74 Å². The van der Waals surface area contributed by atoms with Gasteiger partial charge in [0.25, 0.3) is 0 Å². The molecule has 0 saturated carbocycles. The van der Waals surface area contributed by atoms with Crippen molar-refractivity contribution in [1.29, 1.82) is 0 Å². The maximum absolute atomic E-state index is 5.42. The molecule has 1 aliphatic rings. The number of ether oxygens (including phenoxy) is 1. The summed E-state index contributed by atoms with van der Waals surface area (Å²) in [6.45, 7) is 9.29. The first-order valence-electron chi connectivity index (χ1n) is 11.1. The Labute approximate surface area is 187 Å². The monoisotopic (exact) mass is 423 g/mol. The zero-order chi connectivity index (χ0) is 22.1. The van der Waals surface area contributed by atoms with Crippen LogP contribution < -0.4 is 15.4 Å². The Morgan fingerprint density at radius 3 is 2.32 bits per heavy atom. The van der Waals surface area contributed by atoms with E-state index < -0.39 is 0 Å². The van der Waals surface area contributed by atoms with Crippen LogP contribution in [0, 0.1) is 6.92 Å². The van der Waals surface area contributed by atoms with Gasteiger partial charge in [-0.15, -0.1) is 0 Å². The first-order valence-corrected chi connectivity index (χ1v) is 11.1. The molecule has 0 atom stereocenters. The minimum atomic E-state index is 0.757. The average molecular weight is 424 g/mol. The van der Waals surface area contributed by atoms with Gasteiger partial charge in [-0.2, -0.15) is 0 Å². The summed E-state index contributed by atoms with van der Waals surface area (Å²) >= 11 is 0. The van der Waals surface area contributed by atoms with Crippen LogP contribution in [-0.2, 0) is 19.5 Å². The molecule has 168 valence electrons. The van der Waals surface area contributed by atoms with Crippen molar-refractivity contribution in [3.63, 3.8) is 0 Å². The number of likely N-dealkylation sites (N-methyl/N-ethyl adjacent to an activating group) is 1. The maximum Gasteiger partial charge on any atom is 0.191 e. The number of hydrogen-bond acceptors (Lipinski definition) is 4. The van der Waals surface area contributed by atoms with E-state index in [0.717, 1.165) is 69.5 Å². The number of aliphatic imine (C=N–C) groups is 1. The fourth-order valence-electron chi connectivity index (χ4n) is 3.78. The zero-order valence-electron chi connectivity index (χ0n) is 19.4. The van der Waals surface area contributed by atoms with Crippen LogP contribution in [0.2, 0.25) is 0 Å². The van der Waals surface area contributed by atoms with Gasteiger partial charge in [0.15, 0.2) is 5.96 Å². The van der Waals surface area contributed by atoms with Crippen molar-refractivity contribution < 1.29 is 4.74 Å². The Kier molecular flexibility index (Phi) is 8.74. The molecule has 0 aliphatic carbocycles. The van der Waals surface area contributed by atoms with Gasteiger partial charge in [-0.1, -0.05) is 36.4 Å². The molecule has 31 heavy (non-hydrogen) atoms. The second kappa shape index (κ2) is 11.7. The largest absolute Gasteiger partial charge is 0.496 e. The second-order valence-corrected chi connectivity index (χ2v) is 8.30. The van der Waals surface area contributed by atoms with Crippen LogP contribution in [0.3, 0.4) is 0 Å². The topological polar surface area (TPSA) is 52.1 Å². The number of hydrogen-bond donors (Lipinski definition) is 2. The summed E-state index contributed by atoms with van der Waals surface area (Å²) in [5.74, 6) is 1.76. The van der Waals surface area contributed by atoms with Gasteiger partial charge in [0.2, 0.25) is 0 Å². The lowest BCUT2D eigenvalue weighted by molar-refractivity contribution is 0.148. The quantitative estimate of drug-likeness (QED) is 0.505. The third-order valence-electron chi connectivity index (χ3n) is 5.89. The molecule has 6 nitrogen and oxygen atoms in total. The lowest BCUT2D eigenvalue weighted by Crippen LogP contribution is -2.43. The molecule has 1 aliphatic heterocycles. The van der Waals surface area contributed by atoms with Crippen LogP contribution in [-0.4, -0.2) is 69.7 Å². The highest BCUT2D eigenvalue weighted by Crippen LogP contribution is 2.19. The summed E-state index contributed by atoms with van der Waals surface area (Å²) in [6.07, 6.45) is 0.915. The maximum atomic E-state index is 5.42. The Morgan fingerprint density at radius 1 is 0.968 bits per heavy atom. The summed E-state index contributed by atoms with van der Waals surface area (Å²) in [4.78, 5) is 9.27. The Balaban J connectivity index is 1.41. The molecule has 0 aromatic heterocycles. The first kappa shape index (κ1) is 23.1. The molecule has 3 rings (SSSR count). The van der Waals surface area contributed by atoms with Gasteiger partial charge in [0.1, 0.15) is 5.75 Å². The van der Waals surface area contributed by atoms with E-state index in [0.29, 0.717) is 0 Å². The summed E-state index contributed by atoms with van der Waals surface area (Å²) < 4.78 is 5.42. The molecule has 0 spiro atoms. The molecule has 0 radical (unpaired) electrons. The number of nitrogens with one attached hydrogen (secondary N) is 2. The number of piperazine rings is 1. The Bertz CT molecular complexity index is 841. The number of benzene rings is 2. The standard InChI is InChI=1S/C25H37N5O/c1-20-5-6-21(17-24(20)31-4)11-12-27-25(26-2)28-18-22-7-9-23(10-8-22)19-30-15-13-29(3)14-16-30/h5-10,17H,11-16,18-19H2,1-4H3,(H2,26,27,28). The van der Waals surface area contributed by atoms with Crippen molar-refractivity contribution in [2.45, 2.75) is 26.4 Å². The van der Waals surface area contributed by atoms with Gasteiger partial charge in [-0.25, -0.2) is 0 Å². The fraction of sp³-hybridized carbons (Fsp3) is 0.480. The SMILES string of the molecule is CN=C(NCCc1ccc(C)c(OC)c1)NCc1ccc(CN2CCN(C)CC2)cc1. The fourth-order valence-corrected chi connectivity index (χ4v) is 3.78. The summed E-state index contributed by atoms with van der Waals surface area (Å²) in [5, 5.41) is 6.80. The Hall–Kier alpha value is -2.57. The van der Waals surface area contributed by atoms with Gasteiger partial charge in [0, 0.05) is 52.9 Å². The van der Waals surface area contributed by atoms with Crippen LogP contribution in [0.15, 0.2) is 47.5 Å². The summed E-state index contributed by atoms with van der Waals surface area (Å²) in [6, 6.07) is 15.3. The molecule has 0 amide bonds. The average Bonchev–Trinajstić information content (AvgIpc) is 2.79. The van der Waals surface area contributed by atoms with E-state index >= 15 is 0 Å². The van der Waals surface area contributed by atoms with Crippen molar-refractivity contribution >= 4 is 5.96 Å². The van der Waals surface area contributed by atoms with Gasteiger partial charge in [0.05, 0.1) is 7.11 Å². The van der Waals surface area contributed by atoms with E-state index in [1.807, 2.05) is 7.05 Å². The number of methoxy groups -OCH3 is 1. The van der Waals surface area contributed by atoms with Crippen LogP contribution in [0.25, 0.3) is 0 Å². The minimum absolute atomic E-state index is 0.757. The molecule has 1 heterocycles. The molecule has 2 aromatic rings. The Morgan fingerprint density at radius 2 is 1.65 bits per heavy atom.